The number of fused-ring (bicyclic) bond motifs is 1. The third kappa shape index (κ3) is 7.34. The number of ether oxygens (including phenoxy) is 2. The van der Waals surface area contributed by atoms with Gasteiger partial charge >= 0.3 is 18.1 Å². The van der Waals surface area contributed by atoms with Crippen LogP contribution in [0.1, 0.15) is 45.2 Å². The topological polar surface area (TPSA) is 108 Å². The molecular weight excluding hydrogens is 452 g/mol. The summed E-state index contributed by atoms with van der Waals surface area (Å²) in [5, 5.41) is 2.65. The Morgan fingerprint density at radius 2 is 1.74 bits per heavy atom. The second kappa shape index (κ2) is 11.4. The molecule has 1 fully saturated rings. The molecule has 10 nitrogen and oxygen atoms in total. The molecule has 10 heteroatoms. The summed E-state index contributed by atoms with van der Waals surface area (Å²) in [4.78, 5) is 53.9. The normalized spacial score (nSPS) is 16.0. The fourth-order valence-corrected chi connectivity index (χ4v) is 4.12. The summed E-state index contributed by atoms with van der Waals surface area (Å²) in [5.74, 6) is -0.678. The minimum absolute atomic E-state index is 0.0616. The van der Waals surface area contributed by atoms with Gasteiger partial charge in [-0.15, -0.1) is 0 Å². The number of nitrogens with one attached hydrogen (secondary N) is 1. The van der Waals surface area contributed by atoms with Gasteiger partial charge in [0, 0.05) is 38.4 Å². The van der Waals surface area contributed by atoms with E-state index in [1.165, 1.54) is 4.90 Å². The first kappa shape index (κ1) is 26.3. The molecule has 0 aliphatic carbocycles. The first-order valence-corrected chi connectivity index (χ1v) is 12.2. The highest BCUT2D eigenvalue weighted by atomic mass is 16.6. The summed E-state index contributed by atoms with van der Waals surface area (Å²) in [5.41, 5.74) is 2.51. The van der Waals surface area contributed by atoms with Crippen LogP contribution in [-0.4, -0.2) is 85.3 Å². The van der Waals surface area contributed by atoms with Crippen molar-refractivity contribution in [3.05, 3.63) is 29.3 Å². The highest BCUT2D eigenvalue weighted by Crippen LogP contribution is 2.26. The number of hydrogen-bond donors (Lipinski definition) is 1. The molecule has 2 aliphatic heterocycles. The van der Waals surface area contributed by atoms with Crippen molar-refractivity contribution in [1.82, 2.24) is 15.1 Å². The summed E-state index contributed by atoms with van der Waals surface area (Å²) < 4.78 is 10.3. The van der Waals surface area contributed by atoms with E-state index in [2.05, 4.69) is 5.32 Å². The summed E-state index contributed by atoms with van der Waals surface area (Å²) in [7, 11) is 0. The van der Waals surface area contributed by atoms with E-state index in [0.29, 0.717) is 39.2 Å². The van der Waals surface area contributed by atoms with Crippen LogP contribution < -0.4 is 10.2 Å². The lowest BCUT2D eigenvalue weighted by Crippen LogP contribution is -2.40. The van der Waals surface area contributed by atoms with E-state index in [4.69, 9.17) is 9.47 Å². The number of esters is 1. The van der Waals surface area contributed by atoms with Gasteiger partial charge in [-0.05, 0) is 63.8 Å². The molecule has 192 valence electrons. The van der Waals surface area contributed by atoms with Gasteiger partial charge in [0.15, 0.2) is 0 Å². The van der Waals surface area contributed by atoms with E-state index in [-0.39, 0.29) is 43.5 Å². The third-order valence-corrected chi connectivity index (χ3v) is 5.84. The van der Waals surface area contributed by atoms with Gasteiger partial charge in [0.1, 0.15) is 12.1 Å². The summed E-state index contributed by atoms with van der Waals surface area (Å²) in [6, 6.07) is 5.72. The van der Waals surface area contributed by atoms with Crippen molar-refractivity contribution in [2.45, 2.75) is 52.6 Å². The molecule has 0 bridgehead atoms. The van der Waals surface area contributed by atoms with E-state index in [1.54, 1.807) is 16.7 Å². The lowest BCUT2D eigenvalue weighted by atomic mass is 10.0. The molecule has 0 saturated carbocycles. The Kier molecular flexibility index (Phi) is 8.58. The van der Waals surface area contributed by atoms with E-state index in [1.807, 2.05) is 39.0 Å². The number of carbonyl (C=O) groups excluding carboxylic acids is 4. The predicted octanol–water partition coefficient (Wildman–Crippen LogP) is 2.33. The zero-order chi connectivity index (χ0) is 25.6. The van der Waals surface area contributed by atoms with Gasteiger partial charge in [0.25, 0.3) is 0 Å². The van der Waals surface area contributed by atoms with Crippen molar-refractivity contribution in [3.63, 3.8) is 0 Å². The standard InChI is InChI=1S/C25H36N4O6/c1-5-34-22(31)8-11-26-21(30)17-28-14-15-29(23(28)32)20-7-6-18-9-12-27(13-10-19(18)16-20)24(33)35-25(2,3)4/h6-7,16H,5,8-15,17H2,1-4H3,(H,26,30). The number of carbonyl (C=O) groups is 4. The van der Waals surface area contributed by atoms with Crippen molar-refractivity contribution in [1.29, 1.82) is 0 Å². The Hall–Kier alpha value is -3.30. The second-order valence-corrected chi connectivity index (χ2v) is 9.68. The maximum Gasteiger partial charge on any atom is 0.410 e. The van der Waals surface area contributed by atoms with E-state index in [0.717, 1.165) is 23.2 Å². The van der Waals surface area contributed by atoms with Crippen LogP contribution in [0, 0.1) is 0 Å². The van der Waals surface area contributed by atoms with Gasteiger partial charge in [-0.1, -0.05) is 6.07 Å². The average molecular weight is 489 g/mol. The average Bonchev–Trinajstić information content (AvgIpc) is 3.00. The maximum absolute atomic E-state index is 12.9. The van der Waals surface area contributed by atoms with Gasteiger partial charge in [-0.2, -0.15) is 0 Å². The Labute approximate surface area is 206 Å². The Morgan fingerprint density at radius 3 is 2.43 bits per heavy atom. The quantitative estimate of drug-likeness (QED) is 0.590. The molecular formula is C25H36N4O6. The van der Waals surface area contributed by atoms with E-state index in [9.17, 15) is 19.2 Å². The summed E-state index contributed by atoms with van der Waals surface area (Å²) >= 11 is 0. The fraction of sp³-hybridized carbons (Fsp3) is 0.600. The highest BCUT2D eigenvalue weighted by Gasteiger charge is 2.31. The molecule has 3 rings (SSSR count). The molecule has 35 heavy (non-hydrogen) atoms. The highest BCUT2D eigenvalue weighted by molar-refractivity contribution is 5.96. The number of rotatable bonds is 7. The zero-order valence-corrected chi connectivity index (χ0v) is 21.1. The van der Waals surface area contributed by atoms with Gasteiger partial charge in [0.2, 0.25) is 5.91 Å². The van der Waals surface area contributed by atoms with Gasteiger partial charge < -0.3 is 24.6 Å². The molecule has 0 atom stereocenters. The van der Waals surface area contributed by atoms with Crippen LogP contribution in [0.15, 0.2) is 18.2 Å². The first-order chi connectivity index (χ1) is 16.6. The fourth-order valence-electron chi connectivity index (χ4n) is 4.12. The molecule has 2 heterocycles. The summed E-state index contributed by atoms with van der Waals surface area (Å²) in [6.07, 6.45) is 1.19. The first-order valence-electron chi connectivity index (χ1n) is 12.2. The molecule has 1 aromatic rings. The molecule has 1 N–H and O–H groups in total. The minimum atomic E-state index is -0.538. The van der Waals surface area contributed by atoms with Crippen LogP contribution in [0.3, 0.4) is 0 Å². The lowest BCUT2D eigenvalue weighted by Gasteiger charge is -2.26. The predicted molar refractivity (Wildman–Crippen MR) is 130 cm³/mol. The Bertz CT molecular complexity index is 958. The molecule has 2 aliphatic rings. The Morgan fingerprint density at radius 1 is 1.03 bits per heavy atom. The number of anilines is 1. The van der Waals surface area contributed by atoms with Crippen molar-refractivity contribution in [2.75, 3.05) is 50.8 Å². The van der Waals surface area contributed by atoms with Crippen LogP contribution in [-0.2, 0) is 31.9 Å². The molecule has 0 aromatic heterocycles. The molecule has 4 amide bonds. The van der Waals surface area contributed by atoms with Gasteiger partial charge in [-0.3, -0.25) is 14.5 Å². The zero-order valence-electron chi connectivity index (χ0n) is 21.1. The number of hydrogen-bond acceptors (Lipinski definition) is 6. The Balaban J connectivity index is 1.55. The SMILES string of the molecule is CCOC(=O)CCNC(=O)CN1CCN(c2ccc3c(c2)CCN(C(=O)OC(C)(C)C)CC3)C1=O. The number of urea groups is 1. The van der Waals surface area contributed by atoms with Crippen LogP contribution >= 0.6 is 0 Å². The number of nitrogens with zero attached hydrogens (tertiary/aromatic N) is 3. The molecule has 0 spiro atoms. The van der Waals surface area contributed by atoms with Crippen molar-refractivity contribution < 1.29 is 28.7 Å². The van der Waals surface area contributed by atoms with Gasteiger partial charge in [-0.25, -0.2) is 9.59 Å². The van der Waals surface area contributed by atoms with E-state index >= 15 is 0 Å². The van der Waals surface area contributed by atoms with Gasteiger partial charge in [0.05, 0.1) is 13.0 Å². The van der Waals surface area contributed by atoms with Crippen LogP contribution in [0.25, 0.3) is 0 Å². The van der Waals surface area contributed by atoms with Crippen LogP contribution in [0.4, 0.5) is 15.3 Å². The maximum atomic E-state index is 12.9. The second-order valence-electron chi connectivity index (χ2n) is 9.68. The smallest absolute Gasteiger partial charge is 0.410 e. The summed E-state index contributed by atoms with van der Waals surface area (Å²) in [6.45, 7) is 9.77. The molecule has 0 unspecified atom stereocenters. The molecule has 1 aromatic carbocycles. The van der Waals surface area contributed by atoms with E-state index < -0.39 is 5.60 Å². The molecule has 1 saturated heterocycles. The minimum Gasteiger partial charge on any atom is -0.466 e. The third-order valence-electron chi connectivity index (χ3n) is 5.84. The number of benzene rings is 1. The largest absolute Gasteiger partial charge is 0.466 e. The van der Waals surface area contributed by atoms with Crippen LogP contribution in [0.5, 0.6) is 0 Å². The van der Waals surface area contributed by atoms with Crippen LogP contribution in [0.2, 0.25) is 0 Å². The van der Waals surface area contributed by atoms with Crippen molar-refractivity contribution >= 4 is 29.7 Å². The lowest BCUT2D eigenvalue weighted by molar-refractivity contribution is -0.143. The van der Waals surface area contributed by atoms with Crippen molar-refractivity contribution in [2.24, 2.45) is 0 Å². The monoisotopic (exact) mass is 488 g/mol. The molecule has 0 radical (unpaired) electrons. The number of amides is 4. The van der Waals surface area contributed by atoms with Crippen molar-refractivity contribution in [3.8, 4) is 0 Å².